The maximum atomic E-state index is 11.7. The molecule has 0 aliphatic rings. The van der Waals surface area contributed by atoms with E-state index < -0.39 is 0 Å². The molecule has 1 heterocycles. The van der Waals surface area contributed by atoms with E-state index in [0.29, 0.717) is 12.2 Å². The summed E-state index contributed by atoms with van der Waals surface area (Å²) in [6.07, 6.45) is 3.27. The highest BCUT2D eigenvalue weighted by atomic mass is 16.1. The zero-order valence-corrected chi connectivity index (χ0v) is 11.4. The third-order valence-electron chi connectivity index (χ3n) is 2.74. The normalized spacial score (nSPS) is 9.85. The Labute approximate surface area is 118 Å². The highest BCUT2D eigenvalue weighted by molar-refractivity contribution is 5.92. The molecule has 0 unspecified atom stereocenters. The summed E-state index contributed by atoms with van der Waals surface area (Å²) in [6.45, 7) is 6.03. The van der Waals surface area contributed by atoms with Gasteiger partial charge in [-0.2, -0.15) is 0 Å². The maximum Gasteiger partial charge on any atom is 0.270 e. The molecule has 0 bridgehead atoms. The minimum absolute atomic E-state index is 0.202. The van der Waals surface area contributed by atoms with Crippen LogP contribution in [0, 0.1) is 6.92 Å². The number of hydrogen-bond donors (Lipinski definition) is 2. The summed E-state index contributed by atoms with van der Waals surface area (Å²) in [5.74, 6) is -0.202. The molecule has 0 saturated carbocycles. The fourth-order valence-corrected chi connectivity index (χ4v) is 1.66. The highest BCUT2D eigenvalue weighted by Crippen LogP contribution is 2.16. The van der Waals surface area contributed by atoms with Gasteiger partial charge in [0.1, 0.15) is 5.69 Å². The molecule has 0 fully saturated rings. The summed E-state index contributed by atoms with van der Waals surface area (Å²) in [7, 11) is 0. The molecule has 0 aliphatic carbocycles. The lowest BCUT2D eigenvalue weighted by Crippen LogP contribution is -2.24. The summed E-state index contributed by atoms with van der Waals surface area (Å²) in [6, 6.07) is 11.6. The third-order valence-corrected chi connectivity index (χ3v) is 2.74. The van der Waals surface area contributed by atoms with Crippen molar-refractivity contribution in [2.24, 2.45) is 0 Å². The second-order valence-electron chi connectivity index (χ2n) is 4.42. The Balaban J connectivity index is 2.02. The van der Waals surface area contributed by atoms with Crippen LogP contribution in [0.25, 0.3) is 0 Å². The van der Waals surface area contributed by atoms with Crippen LogP contribution >= 0.6 is 0 Å². The number of rotatable bonds is 5. The number of aromatic nitrogens is 1. The number of amides is 1. The van der Waals surface area contributed by atoms with Gasteiger partial charge in [-0.15, -0.1) is 6.58 Å². The van der Waals surface area contributed by atoms with Gasteiger partial charge in [0.2, 0.25) is 0 Å². The summed E-state index contributed by atoms with van der Waals surface area (Å²) >= 11 is 0. The summed E-state index contributed by atoms with van der Waals surface area (Å²) in [4.78, 5) is 15.8. The van der Waals surface area contributed by atoms with Crippen LogP contribution < -0.4 is 10.6 Å². The van der Waals surface area contributed by atoms with Gasteiger partial charge in [-0.05, 0) is 31.2 Å². The monoisotopic (exact) mass is 267 g/mol. The van der Waals surface area contributed by atoms with Crippen LogP contribution in [0.2, 0.25) is 0 Å². The number of carbonyl (C=O) groups excluding carboxylic acids is 1. The van der Waals surface area contributed by atoms with E-state index in [1.165, 1.54) is 5.56 Å². The van der Waals surface area contributed by atoms with Crippen molar-refractivity contribution in [1.29, 1.82) is 0 Å². The third kappa shape index (κ3) is 3.68. The molecule has 1 aromatic heterocycles. The molecule has 0 saturated heterocycles. The molecule has 0 radical (unpaired) electrons. The minimum atomic E-state index is -0.202. The predicted octanol–water partition coefficient (Wildman–Crippen LogP) is 3.05. The number of nitrogens with zero attached hydrogens (tertiary/aromatic N) is 1. The van der Waals surface area contributed by atoms with Gasteiger partial charge in [0.05, 0.1) is 11.9 Å². The number of nitrogens with one attached hydrogen (secondary N) is 2. The molecule has 4 heteroatoms. The zero-order chi connectivity index (χ0) is 14.4. The van der Waals surface area contributed by atoms with Crippen molar-refractivity contribution in [3.8, 4) is 0 Å². The molecular weight excluding hydrogens is 250 g/mol. The number of anilines is 2. The predicted molar refractivity (Wildman–Crippen MR) is 81.2 cm³/mol. The number of pyridine rings is 1. The first-order valence-electron chi connectivity index (χ1n) is 6.38. The number of benzene rings is 1. The van der Waals surface area contributed by atoms with Crippen LogP contribution in [0.1, 0.15) is 16.1 Å². The largest absolute Gasteiger partial charge is 0.354 e. The van der Waals surface area contributed by atoms with Crippen molar-refractivity contribution < 1.29 is 4.79 Å². The first kappa shape index (κ1) is 13.8. The molecule has 0 atom stereocenters. The van der Waals surface area contributed by atoms with E-state index in [4.69, 9.17) is 0 Å². The topological polar surface area (TPSA) is 54.0 Å². The Morgan fingerprint density at radius 2 is 1.90 bits per heavy atom. The number of carbonyl (C=O) groups is 1. The Hall–Kier alpha value is -2.62. The first-order valence-corrected chi connectivity index (χ1v) is 6.38. The van der Waals surface area contributed by atoms with Crippen LogP contribution in [0.4, 0.5) is 11.4 Å². The van der Waals surface area contributed by atoms with E-state index in [0.717, 1.165) is 11.4 Å². The Morgan fingerprint density at radius 1 is 1.20 bits per heavy atom. The van der Waals surface area contributed by atoms with E-state index >= 15 is 0 Å². The maximum absolute atomic E-state index is 11.7. The number of hydrogen-bond acceptors (Lipinski definition) is 3. The number of aryl methyl sites for hydroxylation is 1. The second-order valence-corrected chi connectivity index (χ2v) is 4.42. The van der Waals surface area contributed by atoms with E-state index in [-0.39, 0.29) is 5.91 Å². The lowest BCUT2D eigenvalue weighted by Gasteiger charge is -2.07. The van der Waals surface area contributed by atoms with Crippen molar-refractivity contribution in [2.45, 2.75) is 6.92 Å². The van der Waals surface area contributed by atoms with Gasteiger partial charge in [-0.3, -0.25) is 4.79 Å². The zero-order valence-electron chi connectivity index (χ0n) is 11.4. The van der Waals surface area contributed by atoms with Crippen molar-refractivity contribution >= 4 is 17.3 Å². The fraction of sp³-hybridized carbons (Fsp3) is 0.125. The quantitative estimate of drug-likeness (QED) is 0.819. The van der Waals surface area contributed by atoms with Gasteiger partial charge < -0.3 is 10.6 Å². The van der Waals surface area contributed by atoms with Crippen LogP contribution in [0.15, 0.2) is 55.3 Å². The van der Waals surface area contributed by atoms with E-state index in [2.05, 4.69) is 22.2 Å². The highest BCUT2D eigenvalue weighted by Gasteiger charge is 2.05. The van der Waals surface area contributed by atoms with Gasteiger partial charge in [0.25, 0.3) is 5.91 Å². The van der Waals surface area contributed by atoms with Gasteiger partial charge in [-0.25, -0.2) is 4.98 Å². The van der Waals surface area contributed by atoms with E-state index in [1.54, 1.807) is 18.3 Å². The van der Waals surface area contributed by atoms with Crippen LogP contribution in [0.5, 0.6) is 0 Å². The average Bonchev–Trinajstić information content (AvgIpc) is 2.48. The van der Waals surface area contributed by atoms with Gasteiger partial charge >= 0.3 is 0 Å². The van der Waals surface area contributed by atoms with E-state index in [1.807, 2.05) is 37.3 Å². The van der Waals surface area contributed by atoms with Gasteiger partial charge in [0, 0.05) is 12.2 Å². The van der Waals surface area contributed by atoms with Crippen LogP contribution in [-0.4, -0.2) is 17.4 Å². The molecule has 0 spiro atoms. The molecule has 1 amide bonds. The molecule has 2 N–H and O–H groups in total. The molecule has 102 valence electrons. The molecule has 20 heavy (non-hydrogen) atoms. The SMILES string of the molecule is C=CCNC(=O)c1ccc(Nc2ccc(C)cc2)cn1. The summed E-state index contributed by atoms with van der Waals surface area (Å²) in [5.41, 5.74) is 3.43. The molecule has 0 aliphatic heterocycles. The lowest BCUT2D eigenvalue weighted by atomic mass is 10.2. The Bertz CT molecular complexity index is 588. The van der Waals surface area contributed by atoms with Gasteiger partial charge in [-0.1, -0.05) is 23.8 Å². The smallest absolute Gasteiger partial charge is 0.270 e. The molecule has 4 nitrogen and oxygen atoms in total. The molecule has 2 rings (SSSR count). The van der Waals surface area contributed by atoms with Crippen molar-refractivity contribution in [1.82, 2.24) is 10.3 Å². The van der Waals surface area contributed by atoms with Crippen molar-refractivity contribution in [2.75, 3.05) is 11.9 Å². The van der Waals surface area contributed by atoms with Crippen molar-refractivity contribution in [3.05, 3.63) is 66.5 Å². The van der Waals surface area contributed by atoms with Crippen LogP contribution in [-0.2, 0) is 0 Å². The van der Waals surface area contributed by atoms with Crippen molar-refractivity contribution in [3.63, 3.8) is 0 Å². The first-order chi connectivity index (χ1) is 9.69. The average molecular weight is 267 g/mol. The van der Waals surface area contributed by atoms with Gasteiger partial charge in [0.15, 0.2) is 0 Å². The standard InChI is InChI=1S/C16H17N3O/c1-3-10-17-16(20)15-9-8-14(11-18-15)19-13-6-4-12(2)5-7-13/h3-9,11,19H,1,10H2,2H3,(H,17,20). The molecule has 1 aromatic carbocycles. The Morgan fingerprint density at radius 3 is 2.50 bits per heavy atom. The fourth-order valence-electron chi connectivity index (χ4n) is 1.66. The summed E-state index contributed by atoms with van der Waals surface area (Å²) < 4.78 is 0. The van der Waals surface area contributed by atoms with E-state index in [9.17, 15) is 4.79 Å². The second kappa shape index (κ2) is 6.52. The molecular formula is C16H17N3O. The molecule has 2 aromatic rings. The van der Waals surface area contributed by atoms with Crippen LogP contribution in [0.3, 0.4) is 0 Å². The lowest BCUT2D eigenvalue weighted by molar-refractivity contribution is 0.0953. The minimum Gasteiger partial charge on any atom is -0.354 e. The Kier molecular flexibility index (Phi) is 4.50. The summed E-state index contributed by atoms with van der Waals surface area (Å²) in [5, 5.41) is 5.91.